The van der Waals surface area contributed by atoms with Gasteiger partial charge in [-0.05, 0) is 24.1 Å². The molecule has 3 N–H and O–H groups in total. The molecule has 6 heteroatoms. The summed E-state index contributed by atoms with van der Waals surface area (Å²) in [5, 5.41) is 16.9. The van der Waals surface area contributed by atoms with Gasteiger partial charge < -0.3 is 10.8 Å². The Labute approximate surface area is 110 Å². The highest BCUT2D eigenvalue weighted by atomic mass is 16.4. The molecule has 1 heterocycles. The van der Waals surface area contributed by atoms with Gasteiger partial charge in [-0.1, -0.05) is 24.3 Å². The molecule has 0 aliphatic carbocycles. The van der Waals surface area contributed by atoms with Crippen LogP contribution >= 0.6 is 0 Å². The molecule has 0 atom stereocenters. The Balaban J connectivity index is 2.32. The van der Waals surface area contributed by atoms with E-state index in [2.05, 4.69) is 10.3 Å². The van der Waals surface area contributed by atoms with Crippen molar-refractivity contribution in [3.63, 3.8) is 0 Å². The molecule has 0 radical (unpaired) electrons. The van der Waals surface area contributed by atoms with E-state index < -0.39 is 5.97 Å². The molecule has 0 aliphatic rings. The van der Waals surface area contributed by atoms with Crippen molar-refractivity contribution < 1.29 is 9.90 Å². The Kier molecular flexibility index (Phi) is 3.91. The standard InChI is InChI=1S/C13H16N4O2/c1-2-12-11(8-14)15-16-17(12)10-5-3-9(4-6-10)7-13(18)19/h3-6H,2,7-8,14H2,1H3,(H,18,19). The number of hydrogen-bond acceptors (Lipinski definition) is 4. The number of carbonyl (C=O) groups is 1. The van der Waals surface area contributed by atoms with Crippen molar-refractivity contribution in [2.75, 3.05) is 0 Å². The number of benzene rings is 1. The third kappa shape index (κ3) is 2.79. The highest BCUT2D eigenvalue weighted by Crippen LogP contribution is 2.14. The first-order chi connectivity index (χ1) is 9.15. The fourth-order valence-corrected chi connectivity index (χ4v) is 1.98. The lowest BCUT2D eigenvalue weighted by atomic mass is 10.1. The first-order valence-electron chi connectivity index (χ1n) is 6.10. The molecule has 2 rings (SSSR count). The number of aliphatic carboxylic acids is 1. The molecule has 0 aliphatic heterocycles. The molecule has 0 saturated heterocycles. The van der Waals surface area contributed by atoms with Crippen LogP contribution in [-0.2, 0) is 24.2 Å². The first-order valence-corrected chi connectivity index (χ1v) is 6.10. The fourth-order valence-electron chi connectivity index (χ4n) is 1.98. The number of aromatic nitrogens is 3. The summed E-state index contributed by atoms with van der Waals surface area (Å²) in [7, 11) is 0. The second kappa shape index (κ2) is 5.62. The normalized spacial score (nSPS) is 10.6. The van der Waals surface area contributed by atoms with Crippen LogP contribution in [0.3, 0.4) is 0 Å². The molecule has 1 aromatic heterocycles. The first kappa shape index (κ1) is 13.2. The molecule has 19 heavy (non-hydrogen) atoms. The molecule has 1 aromatic carbocycles. The van der Waals surface area contributed by atoms with Gasteiger partial charge in [0.15, 0.2) is 0 Å². The Hall–Kier alpha value is -2.21. The van der Waals surface area contributed by atoms with Crippen LogP contribution in [0.1, 0.15) is 23.9 Å². The van der Waals surface area contributed by atoms with Gasteiger partial charge in [-0.15, -0.1) is 5.10 Å². The van der Waals surface area contributed by atoms with E-state index in [0.29, 0.717) is 6.54 Å². The molecular formula is C13H16N4O2. The number of carboxylic acid groups (broad SMARTS) is 1. The number of carboxylic acids is 1. The predicted octanol–water partition coefficient (Wildman–Crippen LogP) is 0.915. The van der Waals surface area contributed by atoms with E-state index in [0.717, 1.165) is 29.1 Å². The van der Waals surface area contributed by atoms with Gasteiger partial charge in [-0.2, -0.15) is 0 Å². The van der Waals surface area contributed by atoms with Crippen LogP contribution in [0.4, 0.5) is 0 Å². The van der Waals surface area contributed by atoms with Gasteiger partial charge in [-0.3, -0.25) is 4.79 Å². The van der Waals surface area contributed by atoms with Crippen molar-refractivity contribution in [1.82, 2.24) is 15.0 Å². The Morgan fingerprint density at radius 1 is 1.37 bits per heavy atom. The fraction of sp³-hybridized carbons (Fsp3) is 0.308. The van der Waals surface area contributed by atoms with E-state index in [9.17, 15) is 4.79 Å². The summed E-state index contributed by atoms with van der Waals surface area (Å²) in [5.74, 6) is -0.840. The van der Waals surface area contributed by atoms with Crippen molar-refractivity contribution in [2.45, 2.75) is 26.3 Å². The summed E-state index contributed by atoms with van der Waals surface area (Å²) in [4.78, 5) is 10.6. The van der Waals surface area contributed by atoms with Crippen molar-refractivity contribution in [1.29, 1.82) is 0 Å². The zero-order valence-corrected chi connectivity index (χ0v) is 10.7. The van der Waals surface area contributed by atoms with E-state index in [1.165, 1.54) is 0 Å². The molecule has 0 amide bonds. The summed E-state index contributed by atoms with van der Waals surface area (Å²) >= 11 is 0. The van der Waals surface area contributed by atoms with Crippen LogP contribution in [0.15, 0.2) is 24.3 Å². The van der Waals surface area contributed by atoms with Crippen LogP contribution in [0.2, 0.25) is 0 Å². The summed E-state index contributed by atoms with van der Waals surface area (Å²) in [6.45, 7) is 2.38. The van der Waals surface area contributed by atoms with Gasteiger partial charge in [0, 0.05) is 6.54 Å². The second-order valence-corrected chi connectivity index (χ2v) is 4.19. The monoisotopic (exact) mass is 260 g/mol. The molecule has 0 unspecified atom stereocenters. The predicted molar refractivity (Wildman–Crippen MR) is 70.0 cm³/mol. The third-order valence-corrected chi connectivity index (χ3v) is 2.91. The lowest BCUT2D eigenvalue weighted by Gasteiger charge is -2.06. The molecule has 100 valence electrons. The van der Waals surface area contributed by atoms with Crippen LogP contribution in [0.5, 0.6) is 0 Å². The maximum absolute atomic E-state index is 10.6. The maximum Gasteiger partial charge on any atom is 0.307 e. The van der Waals surface area contributed by atoms with Gasteiger partial charge >= 0.3 is 5.97 Å². The lowest BCUT2D eigenvalue weighted by Crippen LogP contribution is -2.05. The topological polar surface area (TPSA) is 94.0 Å². The minimum atomic E-state index is -0.840. The zero-order valence-electron chi connectivity index (χ0n) is 10.7. The van der Waals surface area contributed by atoms with E-state index in [4.69, 9.17) is 10.8 Å². The molecule has 0 spiro atoms. The Morgan fingerprint density at radius 2 is 2.05 bits per heavy atom. The van der Waals surface area contributed by atoms with Crippen molar-refractivity contribution in [3.8, 4) is 5.69 Å². The minimum absolute atomic E-state index is 0.0202. The smallest absolute Gasteiger partial charge is 0.307 e. The lowest BCUT2D eigenvalue weighted by molar-refractivity contribution is -0.136. The highest BCUT2D eigenvalue weighted by molar-refractivity contribution is 5.70. The van der Waals surface area contributed by atoms with Crippen LogP contribution < -0.4 is 5.73 Å². The van der Waals surface area contributed by atoms with E-state index in [1.807, 2.05) is 19.1 Å². The van der Waals surface area contributed by atoms with E-state index in [1.54, 1.807) is 16.8 Å². The molecule has 0 fully saturated rings. The average Bonchev–Trinajstić information content (AvgIpc) is 2.81. The maximum atomic E-state index is 10.6. The number of hydrogen-bond donors (Lipinski definition) is 2. The summed E-state index contributed by atoms with van der Waals surface area (Å²) in [5.41, 5.74) is 9.00. The summed E-state index contributed by atoms with van der Waals surface area (Å²) in [6.07, 6.45) is 0.808. The van der Waals surface area contributed by atoms with Gasteiger partial charge in [0.25, 0.3) is 0 Å². The zero-order chi connectivity index (χ0) is 13.8. The Bertz CT molecular complexity index is 575. The van der Waals surface area contributed by atoms with Crippen LogP contribution in [0.25, 0.3) is 5.69 Å². The largest absolute Gasteiger partial charge is 0.481 e. The van der Waals surface area contributed by atoms with Gasteiger partial charge in [-0.25, -0.2) is 4.68 Å². The Morgan fingerprint density at radius 3 is 2.58 bits per heavy atom. The molecule has 0 saturated carbocycles. The summed E-state index contributed by atoms with van der Waals surface area (Å²) in [6, 6.07) is 7.25. The molecule has 0 bridgehead atoms. The molecule has 2 aromatic rings. The quantitative estimate of drug-likeness (QED) is 0.833. The van der Waals surface area contributed by atoms with Crippen molar-refractivity contribution >= 4 is 5.97 Å². The SMILES string of the molecule is CCc1c(CN)nnn1-c1ccc(CC(=O)O)cc1. The number of nitrogens with two attached hydrogens (primary N) is 1. The third-order valence-electron chi connectivity index (χ3n) is 2.91. The number of nitrogens with zero attached hydrogens (tertiary/aromatic N) is 3. The minimum Gasteiger partial charge on any atom is -0.481 e. The molecular weight excluding hydrogens is 244 g/mol. The van der Waals surface area contributed by atoms with Crippen LogP contribution in [0, 0.1) is 0 Å². The van der Waals surface area contributed by atoms with Gasteiger partial charge in [0.05, 0.1) is 23.5 Å². The van der Waals surface area contributed by atoms with Gasteiger partial charge in [0.2, 0.25) is 0 Å². The van der Waals surface area contributed by atoms with Gasteiger partial charge in [0.1, 0.15) is 0 Å². The summed E-state index contributed by atoms with van der Waals surface area (Å²) < 4.78 is 1.74. The average molecular weight is 260 g/mol. The highest BCUT2D eigenvalue weighted by Gasteiger charge is 2.11. The van der Waals surface area contributed by atoms with Crippen molar-refractivity contribution in [2.24, 2.45) is 5.73 Å². The molecule has 6 nitrogen and oxygen atoms in total. The second-order valence-electron chi connectivity index (χ2n) is 4.19. The number of rotatable bonds is 5. The van der Waals surface area contributed by atoms with E-state index >= 15 is 0 Å². The van der Waals surface area contributed by atoms with Crippen LogP contribution in [-0.4, -0.2) is 26.1 Å². The van der Waals surface area contributed by atoms with Crippen molar-refractivity contribution in [3.05, 3.63) is 41.2 Å². The van der Waals surface area contributed by atoms with E-state index in [-0.39, 0.29) is 6.42 Å².